The second-order valence-electron chi connectivity index (χ2n) is 3.65. The molecule has 4 heteroatoms. The summed E-state index contributed by atoms with van der Waals surface area (Å²) in [4.78, 5) is 8.59. The molecular formula is C12H13ClN2O. The van der Waals surface area contributed by atoms with E-state index in [2.05, 4.69) is 9.97 Å². The van der Waals surface area contributed by atoms with E-state index in [4.69, 9.17) is 16.3 Å². The minimum atomic E-state index is 0.0907. The summed E-state index contributed by atoms with van der Waals surface area (Å²) >= 11 is 6.01. The van der Waals surface area contributed by atoms with Crippen LogP contribution >= 0.6 is 11.6 Å². The average molecular weight is 237 g/mol. The molecule has 1 heterocycles. The Balaban J connectivity index is 2.42. The lowest BCUT2D eigenvalue weighted by Gasteiger charge is -2.12. The molecule has 84 valence electrons. The summed E-state index contributed by atoms with van der Waals surface area (Å²) < 4.78 is 5.60. The van der Waals surface area contributed by atoms with E-state index < -0.39 is 0 Å². The lowest BCUT2D eigenvalue weighted by atomic mass is 10.3. The third kappa shape index (κ3) is 2.25. The SMILES string of the molecule is CCC(C)Oc1nc2ccccc2nc1Cl. The highest BCUT2D eigenvalue weighted by Crippen LogP contribution is 2.24. The number of hydrogen-bond acceptors (Lipinski definition) is 3. The number of hydrogen-bond donors (Lipinski definition) is 0. The number of fused-ring (bicyclic) bond motifs is 1. The molecule has 0 spiro atoms. The van der Waals surface area contributed by atoms with Crippen molar-refractivity contribution in [1.82, 2.24) is 9.97 Å². The van der Waals surface area contributed by atoms with Crippen LogP contribution < -0.4 is 4.74 Å². The largest absolute Gasteiger partial charge is 0.472 e. The number of para-hydroxylation sites is 2. The van der Waals surface area contributed by atoms with Gasteiger partial charge >= 0.3 is 0 Å². The molecule has 0 fully saturated rings. The molecule has 0 N–H and O–H groups in total. The first kappa shape index (κ1) is 11.1. The summed E-state index contributed by atoms with van der Waals surface area (Å²) in [5.74, 6) is 0.412. The van der Waals surface area contributed by atoms with Crippen LogP contribution in [0.4, 0.5) is 0 Å². The summed E-state index contributed by atoms with van der Waals surface area (Å²) in [6, 6.07) is 7.59. The van der Waals surface area contributed by atoms with Crippen molar-refractivity contribution >= 4 is 22.6 Å². The molecule has 1 aromatic heterocycles. The summed E-state index contributed by atoms with van der Waals surface area (Å²) in [5.41, 5.74) is 1.58. The molecule has 2 rings (SSSR count). The monoisotopic (exact) mass is 236 g/mol. The minimum absolute atomic E-state index is 0.0907. The van der Waals surface area contributed by atoms with Crippen LogP contribution in [0, 0.1) is 0 Å². The van der Waals surface area contributed by atoms with Crippen molar-refractivity contribution in [3.8, 4) is 5.88 Å². The zero-order valence-corrected chi connectivity index (χ0v) is 10.0. The number of aromatic nitrogens is 2. The molecule has 0 radical (unpaired) electrons. The third-order valence-corrected chi connectivity index (χ3v) is 2.63. The van der Waals surface area contributed by atoms with Crippen LogP contribution in [0.3, 0.4) is 0 Å². The second kappa shape index (κ2) is 4.66. The quantitative estimate of drug-likeness (QED) is 0.819. The number of ether oxygens (including phenoxy) is 1. The lowest BCUT2D eigenvalue weighted by molar-refractivity contribution is 0.209. The summed E-state index contributed by atoms with van der Waals surface area (Å²) in [6.45, 7) is 4.03. The van der Waals surface area contributed by atoms with Crippen LogP contribution in [-0.4, -0.2) is 16.1 Å². The predicted octanol–water partition coefficient (Wildman–Crippen LogP) is 3.46. The average Bonchev–Trinajstić information content (AvgIpc) is 2.30. The lowest BCUT2D eigenvalue weighted by Crippen LogP contribution is -2.11. The molecule has 0 saturated carbocycles. The Bertz CT molecular complexity index is 501. The van der Waals surface area contributed by atoms with E-state index in [-0.39, 0.29) is 6.10 Å². The summed E-state index contributed by atoms with van der Waals surface area (Å²) in [6.07, 6.45) is 0.998. The van der Waals surface area contributed by atoms with Gasteiger partial charge in [-0.3, -0.25) is 0 Å². The van der Waals surface area contributed by atoms with Gasteiger partial charge in [-0.1, -0.05) is 30.7 Å². The van der Waals surface area contributed by atoms with Gasteiger partial charge in [-0.2, -0.15) is 0 Å². The maximum Gasteiger partial charge on any atom is 0.253 e. The number of benzene rings is 1. The van der Waals surface area contributed by atoms with E-state index in [0.29, 0.717) is 11.0 Å². The van der Waals surface area contributed by atoms with E-state index >= 15 is 0 Å². The predicted molar refractivity (Wildman–Crippen MR) is 64.9 cm³/mol. The van der Waals surface area contributed by atoms with E-state index in [0.717, 1.165) is 17.5 Å². The Labute approximate surface area is 99.4 Å². The molecule has 1 unspecified atom stereocenters. The smallest absolute Gasteiger partial charge is 0.253 e. The number of halogens is 1. The molecule has 2 aromatic rings. The van der Waals surface area contributed by atoms with Crippen molar-refractivity contribution in [1.29, 1.82) is 0 Å². The number of rotatable bonds is 3. The Hall–Kier alpha value is -1.35. The first-order valence-corrected chi connectivity index (χ1v) is 5.67. The van der Waals surface area contributed by atoms with Crippen LogP contribution in [0.1, 0.15) is 20.3 Å². The van der Waals surface area contributed by atoms with E-state index in [1.165, 1.54) is 0 Å². The van der Waals surface area contributed by atoms with Gasteiger partial charge in [0.2, 0.25) is 0 Å². The Morgan fingerprint density at radius 3 is 2.50 bits per heavy atom. The highest BCUT2D eigenvalue weighted by atomic mass is 35.5. The Morgan fingerprint density at radius 1 is 1.25 bits per heavy atom. The number of nitrogens with zero attached hydrogens (tertiary/aromatic N) is 2. The molecule has 0 saturated heterocycles. The third-order valence-electron chi connectivity index (χ3n) is 2.39. The maximum absolute atomic E-state index is 6.01. The maximum atomic E-state index is 6.01. The van der Waals surface area contributed by atoms with Crippen LogP contribution in [0.15, 0.2) is 24.3 Å². The zero-order chi connectivity index (χ0) is 11.5. The molecule has 1 aromatic carbocycles. The van der Waals surface area contributed by atoms with Crippen LogP contribution in [0.25, 0.3) is 11.0 Å². The van der Waals surface area contributed by atoms with E-state index in [1.807, 2.05) is 38.1 Å². The fourth-order valence-corrected chi connectivity index (χ4v) is 1.49. The van der Waals surface area contributed by atoms with Gasteiger partial charge in [-0.05, 0) is 25.5 Å². The van der Waals surface area contributed by atoms with Crippen molar-refractivity contribution in [2.45, 2.75) is 26.4 Å². The van der Waals surface area contributed by atoms with Crippen molar-refractivity contribution < 1.29 is 4.74 Å². The molecule has 0 aliphatic heterocycles. The fourth-order valence-electron chi connectivity index (χ4n) is 1.31. The minimum Gasteiger partial charge on any atom is -0.472 e. The zero-order valence-electron chi connectivity index (χ0n) is 9.27. The first-order valence-electron chi connectivity index (χ1n) is 5.29. The fraction of sp³-hybridized carbons (Fsp3) is 0.333. The van der Waals surface area contributed by atoms with Crippen LogP contribution in [0.5, 0.6) is 5.88 Å². The normalized spacial score (nSPS) is 12.7. The standard InChI is InChI=1S/C12H13ClN2O/c1-3-8(2)16-12-11(13)14-9-6-4-5-7-10(9)15-12/h4-8H,3H2,1-2H3. The van der Waals surface area contributed by atoms with Gasteiger partial charge in [0.15, 0.2) is 5.15 Å². The molecule has 0 aliphatic rings. The summed E-state index contributed by atoms with van der Waals surface area (Å²) in [7, 11) is 0. The highest BCUT2D eigenvalue weighted by molar-refractivity contribution is 6.31. The Kier molecular flexibility index (Phi) is 3.25. The Morgan fingerprint density at radius 2 is 1.88 bits per heavy atom. The summed E-state index contributed by atoms with van der Waals surface area (Å²) in [5, 5.41) is 0.319. The molecule has 1 atom stereocenters. The highest BCUT2D eigenvalue weighted by Gasteiger charge is 2.10. The molecule has 0 bridgehead atoms. The van der Waals surface area contributed by atoms with Crippen LogP contribution in [0.2, 0.25) is 5.15 Å². The van der Waals surface area contributed by atoms with Gasteiger partial charge in [-0.25, -0.2) is 9.97 Å². The topological polar surface area (TPSA) is 35.0 Å². The van der Waals surface area contributed by atoms with E-state index in [1.54, 1.807) is 0 Å². The molecule has 16 heavy (non-hydrogen) atoms. The van der Waals surface area contributed by atoms with Gasteiger partial charge in [0.05, 0.1) is 17.1 Å². The molecule has 3 nitrogen and oxygen atoms in total. The van der Waals surface area contributed by atoms with Gasteiger partial charge in [0.1, 0.15) is 0 Å². The van der Waals surface area contributed by atoms with Gasteiger partial charge in [0.25, 0.3) is 5.88 Å². The molecular weight excluding hydrogens is 224 g/mol. The molecule has 0 aliphatic carbocycles. The van der Waals surface area contributed by atoms with Crippen molar-refractivity contribution in [2.24, 2.45) is 0 Å². The second-order valence-corrected chi connectivity index (χ2v) is 4.00. The first-order chi connectivity index (χ1) is 7.70. The van der Waals surface area contributed by atoms with Gasteiger partial charge < -0.3 is 4.74 Å². The van der Waals surface area contributed by atoms with Gasteiger partial charge in [-0.15, -0.1) is 0 Å². The van der Waals surface area contributed by atoms with Crippen molar-refractivity contribution in [3.63, 3.8) is 0 Å². The van der Waals surface area contributed by atoms with Crippen LogP contribution in [-0.2, 0) is 0 Å². The molecule has 0 amide bonds. The van der Waals surface area contributed by atoms with E-state index in [9.17, 15) is 0 Å². The van der Waals surface area contributed by atoms with Crippen molar-refractivity contribution in [2.75, 3.05) is 0 Å². The van der Waals surface area contributed by atoms with Crippen molar-refractivity contribution in [3.05, 3.63) is 29.4 Å². The van der Waals surface area contributed by atoms with Gasteiger partial charge in [0, 0.05) is 0 Å².